The Bertz CT molecular complexity index is 993. The van der Waals surface area contributed by atoms with Crippen molar-refractivity contribution in [3.8, 4) is 0 Å². The first-order valence-corrected chi connectivity index (χ1v) is 28.8. The molecular formula is C59H113NO4. The molecule has 0 aliphatic rings. The first-order valence-electron chi connectivity index (χ1n) is 28.8. The van der Waals surface area contributed by atoms with Gasteiger partial charge in [0.15, 0.2) is 0 Å². The zero-order chi connectivity index (χ0) is 46.5. The third-order valence-electron chi connectivity index (χ3n) is 13.4. The van der Waals surface area contributed by atoms with Crippen LogP contribution in [0.1, 0.15) is 309 Å². The molecule has 0 saturated heterocycles. The Hall–Kier alpha value is -1.43. The summed E-state index contributed by atoms with van der Waals surface area (Å²) in [4.78, 5) is 12.5. The number of aliphatic hydroxyl groups is 3. The normalized spacial score (nSPS) is 13.5. The van der Waals surface area contributed by atoms with Crippen molar-refractivity contribution in [3.63, 3.8) is 0 Å². The van der Waals surface area contributed by atoms with Crippen molar-refractivity contribution in [2.24, 2.45) is 0 Å². The largest absolute Gasteiger partial charge is 0.394 e. The number of hydrogen-bond donors (Lipinski definition) is 4. The van der Waals surface area contributed by atoms with Crippen molar-refractivity contribution in [3.05, 3.63) is 36.5 Å². The van der Waals surface area contributed by atoms with Gasteiger partial charge >= 0.3 is 0 Å². The molecule has 0 bridgehead atoms. The van der Waals surface area contributed by atoms with Gasteiger partial charge in [-0.2, -0.15) is 0 Å². The summed E-state index contributed by atoms with van der Waals surface area (Å²) in [5.41, 5.74) is 0. The molecule has 0 aliphatic carbocycles. The second-order valence-corrected chi connectivity index (χ2v) is 19.8. The van der Waals surface area contributed by atoms with Crippen LogP contribution in [0, 0.1) is 0 Å². The molecule has 5 heteroatoms. The number of aliphatic hydroxyl groups excluding tert-OH is 3. The summed E-state index contributed by atoms with van der Waals surface area (Å²) < 4.78 is 0. The molecule has 1 amide bonds. The minimum absolute atomic E-state index is 0.156. The average molecular weight is 901 g/mol. The number of carbonyl (C=O) groups is 1. The molecule has 0 aromatic heterocycles. The molecule has 0 saturated carbocycles. The van der Waals surface area contributed by atoms with Gasteiger partial charge in [-0.15, -0.1) is 0 Å². The molecule has 0 fully saturated rings. The first kappa shape index (κ1) is 62.6. The lowest BCUT2D eigenvalue weighted by molar-refractivity contribution is -0.124. The molecule has 3 unspecified atom stereocenters. The highest BCUT2D eigenvalue weighted by atomic mass is 16.3. The van der Waals surface area contributed by atoms with E-state index >= 15 is 0 Å². The van der Waals surface area contributed by atoms with Crippen molar-refractivity contribution >= 4 is 5.91 Å². The SMILES string of the molecule is CCCCCCCCCCCCCC/C=C\CCCCCCCCCCCCC(=O)NC(CO)C(O)C(O)CCC/C=C/CC/C=C/CCCCCCCCCCCCCCCCC. The Morgan fingerprint density at radius 2 is 0.641 bits per heavy atom. The fourth-order valence-electron chi connectivity index (χ4n) is 9.00. The standard InChI is InChI=1S/C59H113NO4/c1-3-5-7-9-11-13-15-17-19-21-23-25-27-29-30-32-34-36-38-40-42-44-46-48-50-52-54-58(63)60-56(55-61)59(64)57(62)53-51-49-47-45-43-41-39-37-35-33-31-28-26-24-22-20-18-16-14-12-10-8-6-4-2/h29-30,37,39,45,47,56-57,59,61-62,64H,3-28,31-36,38,40-44,46,48-55H2,1-2H3,(H,60,63)/b30-29-,39-37+,47-45+. The lowest BCUT2D eigenvalue weighted by Gasteiger charge is -2.26. The highest BCUT2D eigenvalue weighted by Crippen LogP contribution is 2.17. The van der Waals surface area contributed by atoms with E-state index in [-0.39, 0.29) is 12.5 Å². The van der Waals surface area contributed by atoms with Crippen LogP contribution in [0.25, 0.3) is 0 Å². The number of amides is 1. The van der Waals surface area contributed by atoms with Gasteiger partial charge in [-0.3, -0.25) is 4.79 Å². The maximum absolute atomic E-state index is 12.5. The van der Waals surface area contributed by atoms with Gasteiger partial charge in [0.25, 0.3) is 0 Å². The molecule has 0 aliphatic heterocycles. The van der Waals surface area contributed by atoms with Gasteiger partial charge in [0.05, 0.1) is 18.8 Å². The summed E-state index contributed by atoms with van der Waals surface area (Å²) in [6.45, 7) is 4.20. The van der Waals surface area contributed by atoms with Crippen molar-refractivity contribution in [2.75, 3.05) is 6.61 Å². The summed E-state index contributed by atoms with van der Waals surface area (Å²) in [7, 11) is 0. The average Bonchev–Trinajstić information content (AvgIpc) is 3.30. The number of nitrogens with one attached hydrogen (secondary N) is 1. The highest BCUT2D eigenvalue weighted by molar-refractivity contribution is 5.76. The van der Waals surface area contributed by atoms with Gasteiger partial charge in [0, 0.05) is 6.42 Å². The number of allylic oxidation sites excluding steroid dienone is 6. The van der Waals surface area contributed by atoms with Gasteiger partial charge < -0.3 is 20.6 Å². The fraction of sp³-hybridized carbons (Fsp3) is 0.881. The van der Waals surface area contributed by atoms with Crippen LogP contribution in [0.3, 0.4) is 0 Å². The van der Waals surface area contributed by atoms with Crippen LogP contribution in [-0.2, 0) is 4.79 Å². The summed E-state index contributed by atoms with van der Waals surface area (Å²) in [5, 5.41) is 33.7. The van der Waals surface area contributed by atoms with E-state index in [1.54, 1.807) is 0 Å². The van der Waals surface area contributed by atoms with Gasteiger partial charge in [0.1, 0.15) is 6.10 Å². The van der Waals surface area contributed by atoms with E-state index in [1.807, 2.05) is 0 Å². The molecule has 5 nitrogen and oxygen atoms in total. The van der Waals surface area contributed by atoms with Crippen LogP contribution in [0.2, 0.25) is 0 Å². The van der Waals surface area contributed by atoms with Crippen LogP contribution >= 0.6 is 0 Å². The molecule has 0 aromatic carbocycles. The predicted molar refractivity (Wildman–Crippen MR) is 282 cm³/mol. The van der Waals surface area contributed by atoms with Crippen LogP contribution in [-0.4, -0.2) is 46.1 Å². The Morgan fingerprint density at radius 1 is 0.375 bits per heavy atom. The van der Waals surface area contributed by atoms with Crippen molar-refractivity contribution in [2.45, 2.75) is 327 Å². The van der Waals surface area contributed by atoms with E-state index < -0.39 is 18.2 Å². The van der Waals surface area contributed by atoms with E-state index in [4.69, 9.17) is 0 Å². The van der Waals surface area contributed by atoms with E-state index in [2.05, 4.69) is 55.6 Å². The Labute approximate surface area is 400 Å². The zero-order valence-corrected chi connectivity index (χ0v) is 43.2. The molecule has 64 heavy (non-hydrogen) atoms. The topological polar surface area (TPSA) is 89.8 Å². The second-order valence-electron chi connectivity index (χ2n) is 19.8. The molecule has 3 atom stereocenters. The molecule has 0 spiro atoms. The molecule has 0 aromatic rings. The van der Waals surface area contributed by atoms with Gasteiger partial charge in [-0.25, -0.2) is 0 Å². The third kappa shape index (κ3) is 48.5. The lowest BCUT2D eigenvalue weighted by atomic mass is 10.0. The van der Waals surface area contributed by atoms with Crippen molar-refractivity contribution in [1.29, 1.82) is 0 Å². The van der Waals surface area contributed by atoms with E-state index in [0.29, 0.717) is 12.8 Å². The smallest absolute Gasteiger partial charge is 0.220 e. The Kier molecular flexibility index (Phi) is 53.0. The van der Waals surface area contributed by atoms with Crippen LogP contribution in [0.5, 0.6) is 0 Å². The van der Waals surface area contributed by atoms with E-state index in [9.17, 15) is 20.1 Å². The number of hydrogen-bond acceptors (Lipinski definition) is 4. The summed E-state index contributed by atoms with van der Waals surface area (Å²) >= 11 is 0. The second kappa shape index (κ2) is 54.2. The number of unbranched alkanes of at least 4 members (excludes halogenated alkanes) is 39. The monoisotopic (exact) mass is 900 g/mol. The molecule has 0 heterocycles. The quantitative estimate of drug-likeness (QED) is 0.0362. The van der Waals surface area contributed by atoms with E-state index in [1.165, 1.54) is 238 Å². The maximum atomic E-state index is 12.5. The highest BCUT2D eigenvalue weighted by Gasteiger charge is 2.26. The maximum Gasteiger partial charge on any atom is 0.220 e. The van der Waals surface area contributed by atoms with Gasteiger partial charge in [-0.1, -0.05) is 262 Å². The summed E-state index contributed by atoms with van der Waals surface area (Å²) in [6.07, 6.45) is 70.2. The van der Waals surface area contributed by atoms with Gasteiger partial charge in [0.2, 0.25) is 5.91 Å². The summed E-state index contributed by atoms with van der Waals surface area (Å²) in [6, 6.07) is -0.834. The molecule has 378 valence electrons. The number of carbonyl (C=O) groups excluding carboxylic acids is 1. The van der Waals surface area contributed by atoms with Crippen LogP contribution < -0.4 is 5.32 Å². The van der Waals surface area contributed by atoms with Gasteiger partial charge in [-0.05, 0) is 77.0 Å². The first-order chi connectivity index (χ1) is 31.6. The lowest BCUT2D eigenvalue weighted by Crippen LogP contribution is -2.50. The predicted octanol–water partition coefficient (Wildman–Crippen LogP) is 17.8. The molecular weight excluding hydrogens is 787 g/mol. The molecule has 4 N–H and O–H groups in total. The van der Waals surface area contributed by atoms with Crippen LogP contribution in [0.15, 0.2) is 36.5 Å². The minimum Gasteiger partial charge on any atom is -0.394 e. The number of rotatable bonds is 53. The molecule has 0 rings (SSSR count). The summed E-state index contributed by atoms with van der Waals surface area (Å²) in [5.74, 6) is -0.156. The fourth-order valence-corrected chi connectivity index (χ4v) is 9.00. The molecule has 0 radical (unpaired) electrons. The zero-order valence-electron chi connectivity index (χ0n) is 43.2. The van der Waals surface area contributed by atoms with Crippen molar-refractivity contribution in [1.82, 2.24) is 5.32 Å². The van der Waals surface area contributed by atoms with Crippen molar-refractivity contribution < 1.29 is 20.1 Å². The van der Waals surface area contributed by atoms with E-state index in [0.717, 1.165) is 44.9 Å². The minimum atomic E-state index is -1.17. The third-order valence-corrected chi connectivity index (χ3v) is 13.4. The Morgan fingerprint density at radius 3 is 0.953 bits per heavy atom. The Balaban J connectivity index is 3.59. The van der Waals surface area contributed by atoms with Crippen LogP contribution in [0.4, 0.5) is 0 Å².